The van der Waals surface area contributed by atoms with Crippen LogP contribution in [0, 0.1) is 0 Å². The van der Waals surface area contributed by atoms with Crippen molar-refractivity contribution in [1.29, 1.82) is 0 Å². The molecule has 1 aliphatic rings. The summed E-state index contributed by atoms with van der Waals surface area (Å²) < 4.78 is 26.3. The number of carbonyl (C=O) groups excluding carboxylic acids is 3. The Morgan fingerprint density at radius 2 is 1.68 bits per heavy atom. The van der Waals surface area contributed by atoms with Crippen molar-refractivity contribution in [1.82, 2.24) is 14.5 Å². The monoisotopic (exact) mass is 485 g/mol. The number of benzene rings is 2. The van der Waals surface area contributed by atoms with Gasteiger partial charge in [-0.3, -0.25) is 14.4 Å². The first-order valence-corrected chi connectivity index (χ1v) is 12.9. The Balaban J connectivity index is 1.73. The maximum absolute atomic E-state index is 13.3. The number of amides is 3. The molecule has 1 N–H and O–H groups in total. The second-order valence-corrected chi connectivity index (χ2v) is 10.4. The average molecular weight is 486 g/mol. The molecule has 1 aliphatic heterocycles. The van der Waals surface area contributed by atoms with Gasteiger partial charge in [0.2, 0.25) is 11.8 Å². The van der Waals surface area contributed by atoms with Gasteiger partial charge in [-0.1, -0.05) is 49.4 Å². The van der Waals surface area contributed by atoms with Gasteiger partial charge in [-0.25, -0.2) is 12.7 Å². The van der Waals surface area contributed by atoms with E-state index in [9.17, 15) is 22.8 Å². The smallest absolute Gasteiger partial charge is 0.269 e. The van der Waals surface area contributed by atoms with Crippen molar-refractivity contribution in [2.45, 2.75) is 63.6 Å². The van der Waals surface area contributed by atoms with E-state index in [1.165, 1.54) is 12.1 Å². The predicted molar refractivity (Wildman–Crippen MR) is 128 cm³/mol. The summed E-state index contributed by atoms with van der Waals surface area (Å²) in [6.45, 7) is 5.73. The molecule has 8 nitrogen and oxygen atoms in total. The third-order valence-electron chi connectivity index (χ3n) is 5.68. The molecule has 0 unspecified atom stereocenters. The highest BCUT2D eigenvalue weighted by molar-refractivity contribution is 7.90. The van der Waals surface area contributed by atoms with Crippen LogP contribution in [0.5, 0.6) is 0 Å². The van der Waals surface area contributed by atoms with Gasteiger partial charge in [-0.05, 0) is 44.4 Å². The molecule has 2 aromatic rings. The van der Waals surface area contributed by atoms with Crippen LogP contribution >= 0.6 is 0 Å². The first-order chi connectivity index (χ1) is 16.2. The summed E-state index contributed by atoms with van der Waals surface area (Å²) in [6, 6.07) is 14.8. The van der Waals surface area contributed by atoms with Crippen LogP contribution in [0.3, 0.4) is 0 Å². The zero-order valence-electron chi connectivity index (χ0n) is 19.7. The van der Waals surface area contributed by atoms with Crippen LogP contribution in [0.2, 0.25) is 0 Å². The largest absolute Gasteiger partial charge is 0.352 e. The first-order valence-electron chi connectivity index (χ1n) is 11.5. The molecule has 0 saturated heterocycles. The Hall–Kier alpha value is -3.20. The number of hydrogen-bond donors (Lipinski definition) is 1. The van der Waals surface area contributed by atoms with Gasteiger partial charge in [0.05, 0.1) is 5.56 Å². The molecule has 2 aromatic carbocycles. The third kappa shape index (κ3) is 5.47. The summed E-state index contributed by atoms with van der Waals surface area (Å²) in [5, 5.41) is 2.88. The zero-order valence-corrected chi connectivity index (χ0v) is 20.5. The van der Waals surface area contributed by atoms with Crippen molar-refractivity contribution in [2.75, 3.05) is 6.54 Å². The van der Waals surface area contributed by atoms with Gasteiger partial charge in [0.25, 0.3) is 15.9 Å². The number of nitrogens with one attached hydrogen (secondary N) is 1. The Morgan fingerprint density at radius 1 is 1.03 bits per heavy atom. The highest BCUT2D eigenvalue weighted by Crippen LogP contribution is 2.30. The summed E-state index contributed by atoms with van der Waals surface area (Å²) in [7, 11) is -3.92. The molecule has 0 aliphatic carbocycles. The second kappa shape index (κ2) is 10.8. The minimum Gasteiger partial charge on any atom is -0.352 e. The topological polar surface area (TPSA) is 104 Å². The molecule has 182 valence electrons. The fourth-order valence-corrected chi connectivity index (χ4v) is 5.66. The van der Waals surface area contributed by atoms with Crippen molar-refractivity contribution >= 4 is 27.7 Å². The van der Waals surface area contributed by atoms with E-state index in [2.05, 4.69) is 5.32 Å². The van der Waals surface area contributed by atoms with Crippen molar-refractivity contribution in [2.24, 2.45) is 0 Å². The van der Waals surface area contributed by atoms with Gasteiger partial charge in [0.1, 0.15) is 10.9 Å². The van der Waals surface area contributed by atoms with E-state index in [0.717, 1.165) is 9.87 Å². The quantitative estimate of drug-likeness (QED) is 0.557. The summed E-state index contributed by atoms with van der Waals surface area (Å²) in [4.78, 5) is 40.2. The van der Waals surface area contributed by atoms with Crippen molar-refractivity contribution in [3.8, 4) is 0 Å². The minimum absolute atomic E-state index is 0.00608. The molecule has 0 radical (unpaired) electrons. The van der Waals surface area contributed by atoms with E-state index in [1.54, 1.807) is 17.0 Å². The Bertz CT molecular complexity index is 1150. The van der Waals surface area contributed by atoms with Crippen LogP contribution in [0.4, 0.5) is 0 Å². The molecular formula is C25H31N3O5S. The molecule has 1 heterocycles. The van der Waals surface area contributed by atoms with Crippen LogP contribution in [0.25, 0.3) is 0 Å². The van der Waals surface area contributed by atoms with Gasteiger partial charge in [-0.15, -0.1) is 0 Å². The molecule has 0 aromatic heterocycles. The summed E-state index contributed by atoms with van der Waals surface area (Å²) in [5.74, 6) is -1.07. The standard InChI is InChI=1S/C25H31N3O5S/c1-4-21(24(30)26-18(2)3)27(17-19-11-6-5-7-12-19)23(29)15-10-16-28-25(31)20-13-8-9-14-22(20)34(28,32)33/h5-9,11-14,18,21H,4,10,15-17H2,1-3H3,(H,26,30)/t21-/m0/s1. The van der Waals surface area contributed by atoms with Gasteiger partial charge in [0.15, 0.2) is 0 Å². The van der Waals surface area contributed by atoms with Crippen LogP contribution in [0.15, 0.2) is 59.5 Å². The fourth-order valence-electron chi connectivity index (χ4n) is 4.05. The second-order valence-electron chi connectivity index (χ2n) is 8.58. The predicted octanol–water partition coefficient (Wildman–Crippen LogP) is 2.94. The highest BCUT2D eigenvalue weighted by Gasteiger charge is 2.40. The number of hydrogen-bond acceptors (Lipinski definition) is 5. The van der Waals surface area contributed by atoms with Crippen LogP contribution in [-0.2, 0) is 26.2 Å². The molecule has 0 saturated carbocycles. The molecule has 0 fully saturated rings. The lowest BCUT2D eigenvalue weighted by Crippen LogP contribution is -2.50. The third-order valence-corrected chi connectivity index (χ3v) is 7.52. The molecular weight excluding hydrogens is 454 g/mol. The Morgan fingerprint density at radius 3 is 2.29 bits per heavy atom. The molecule has 34 heavy (non-hydrogen) atoms. The van der Waals surface area contributed by atoms with Crippen LogP contribution < -0.4 is 5.32 Å². The molecule has 0 bridgehead atoms. The average Bonchev–Trinajstić information content (AvgIpc) is 2.99. The van der Waals surface area contributed by atoms with E-state index in [1.807, 2.05) is 51.1 Å². The fraction of sp³-hybridized carbons (Fsp3) is 0.400. The van der Waals surface area contributed by atoms with Gasteiger partial charge in [-0.2, -0.15) is 0 Å². The normalized spacial score (nSPS) is 15.2. The highest BCUT2D eigenvalue weighted by atomic mass is 32.2. The van der Waals surface area contributed by atoms with E-state index in [-0.39, 0.29) is 54.2 Å². The van der Waals surface area contributed by atoms with Gasteiger partial charge in [0, 0.05) is 25.6 Å². The van der Waals surface area contributed by atoms with Gasteiger partial charge < -0.3 is 10.2 Å². The SMILES string of the molecule is CC[C@@H](C(=O)NC(C)C)N(Cc1ccccc1)C(=O)CCCN1C(=O)c2ccccc2S1(=O)=O. The maximum atomic E-state index is 13.3. The molecule has 9 heteroatoms. The number of carbonyl (C=O) groups is 3. The number of fused-ring (bicyclic) bond motifs is 1. The number of nitrogens with zero attached hydrogens (tertiary/aromatic N) is 2. The maximum Gasteiger partial charge on any atom is 0.269 e. The first kappa shape index (κ1) is 25.4. The van der Waals surface area contributed by atoms with Crippen molar-refractivity contribution in [3.63, 3.8) is 0 Å². The minimum atomic E-state index is -3.92. The number of rotatable bonds is 10. The number of sulfonamides is 1. The summed E-state index contributed by atoms with van der Waals surface area (Å²) in [6.07, 6.45) is 0.602. The van der Waals surface area contributed by atoms with E-state index in [4.69, 9.17) is 0 Å². The zero-order chi connectivity index (χ0) is 24.9. The lowest BCUT2D eigenvalue weighted by atomic mass is 10.1. The summed E-state index contributed by atoms with van der Waals surface area (Å²) >= 11 is 0. The molecule has 3 amide bonds. The van der Waals surface area contributed by atoms with Crippen LogP contribution in [-0.4, -0.2) is 54.0 Å². The molecule has 0 spiro atoms. The van der Waals surface area contributed by atoms with E-state index < -0.39 is 22.0 Å². The van der Waals surface area contributed by atoms with Crippen molar-refractivity contribution < 1.29 is 22.8 Å². The lowest BCUT2D eigenvalue weighted by Gasteiger charge is -2.31. The van der Waals surface area contributed by atoms with E-state index in [0.29, 0.717) is 6.42 Å². The summed E-state index contributed by atoms with van der Waals surface area (Å²) in [5.41, 5.74) is 1.04. The van der Waals surface area contributed by atoms with E-state index >= 15 is 0 Å². The Kier molecular flexibility index (Phi) is 8.09. The lowest BCUT2D eigenvalue weighted by molar-refractivity contribution is -0.141. The van der Waals surface area contributed by atoms with Gasteiger partial charge >= 0.3 is 0 Å². The molecule has 3 rings (SSSR count). The van der Waals surface area contributed by atoms with Crippen molar-refractivity contribution in [3.05, 3.63) is 65.7 Å². The van der Waals surface area contributed by atoms with Crippen LogP contribution in [0.1, 0.15) is 56.0 Å². The molecule has 1 atom stereocenters. The Labute approximate surface area is 201 Å².